The molecule has 2 aromatic rings. The van der Waals surface area contributed by atoms with Gasteiger partial charge in [-0.1, -0.05) is 49.1 Å². The largest absolute Gasteiger partial charge is 0.481 e. The molecule has 3 rings (SSSR count). The monoisotopic (exact) mass is 441 g/mol. The molecule has 1 unspecified atom stereocenters. The van der Waals surface area contributed by atoms with E-state index >= 15 is 0 Å². The highest BCUT2D eigenvalue weighted by Gasteiger charge is 2.38. The number of carboxylic acids is 1. The van der Waals surface area contributed by atoms with Crippen molar-refractivity contribution in [3.8, 4) is 5.75 Å². The van der Waals surface area contributed by atoms with Crippen molar-refractivity contribution < 1.29 is 24.5 Å². The van der Waals surface area contributed by atoms with Gasteiger partial charge in [0.2, 0.25) is 0 Å². The van der Waals surface area contributed by atoms with Crippen LogP contribution >= 0.6 is 0 Å². The summed E-state index contributed by atoms with van der Waals surface area (Å²) in [6.07, 6.45) is 5.04. The summed E-state index contributed by atoms with van der Waals surface area (Å²) in [6.45, 7) is 3.86. The van der Waals surface area contributed by atoms with Gasteiger partial charge in [-0.15, -0.1) is 0 Å². The fraction of sp³-hybridized carbons (Fsp3) is 0.462. The predicted octanol–water partition coefficient (Wildman–Crippen LogP) is 4.65. The van der Waals surface area contributed by atoms with E-state index in [0.29, 0.717) is 11.3 Å². The quantitative estimate of drug-likeness (QED) is 0.501. The fourth-order valence-corrected chi connectivity index (χ4v) is 4.09. The van der Waals surface area contributed by atoms with Gasteiger partial charge in [0.15, 0.2) is 0 Å². The summed E-state index contributed by atoms with van der Waals surface area (Å²) in [6, 6.07) is 15.0. The van der Waals surface area contributed by atoms with Crippen LogP contribution in [0, 0.1) is 6.92 Å². The normalized spacial score (nSPS) is 15.9. The Hall–Kier alpha value is -2.70. The Labute approximate surface area is 190 Å². The van der Waals surface area contributed by atoms with Crippen LogP contribution in [-0.2, 0) is 4.79 Å². The number of carboxylic acid groups (broad SMARTS) is 1. The first kappa shape index (κ1) is 25.6. The Bertz CT molecular complexity index is 864. The average molecular weight is 442 g/mol. The maximum atomic E-state index is 12.3. The summed E-state index contributed by atoms with van der Waals surface area (Å²) in [4.78, 5) is 23.4. The van der Waals surface area contributed by atoms with Gasteiger partial charge in [-0.25, -0.2) is 4.79 Å². The topological polar surface area (TPSA) is 87.1 Å². The first-order valence-corrected chi connectivity index (χ1v) is 11.1. The number of hydrogen-bond acceptors (Lipinski definition) is 5. The van der Waals surface area contributed by atoms with Crippen LogP contribution in [0.25, 0.3) is 0 Å². The van der Waals surface area contributed by atoms with Crippen LogP contribution < -0.4 is 4.74 Å². The number of esters is 1. The van der Waals surface area contributed by atoms with Crippen molar-refractivity contribution in [2.45, 2.75) is 57.5 Å². The van der Waals surface area contributed by atoms with E-state index in [1.807, 2.05) is 57.4 Å². The number of hydrogen-bond donors (Lipinski definition) is 2. The van der Waals surface area contributed by atoms with Gasteiger partial charge < -0.3 is 19.8 Å². The lowest BCUT2D eigenvalue weighted by molar-refractivity contribution is -0.134. The lowest BCUT2D eigenvalue weighted by Gasteiger charge is -2.40. The molecule has 0 bridgehead atoms. The van der Waals surface area contributed by atoms with E-state index in [-0.39, 0.29) is 11.9 Å². The van der Waals surface area contributed by atoms with Crippen molar-refractivity contribution in [1.82, 2.24) is 4.90 Å². The van der Waals surface area contributed by atoms with Crippen LogP contribution in [0.2, 0.25) is 0 Å². The number of aliphatic carboxylic acids is 1. The Morgan fingerprint density at radius 3 is 2.03 bits per heavy atom. The van der Waals surface area contributed by atoms with E-state index in [1.165, 1.54) is 6.42 Å². The van der Waals surface area contributed by atoms with Crippen LogP contribution in [-0.4, -0.2) is 53.3 Å². The van der Waals surface area contributed by atoms with Crippen molar-refractivity contribution in [3.05, 3.63) is 65.2 Å². The highest BCUT2D eigenvalue weighted by Crippen LogP contribution is 2.40. The summed E-state index contributed by atoms with van der Waals surface area (Å²) in [5.74, 6) is -0.623. The molecule has 0 radical (unpaired) electrons. The van der Waals surface area contributed by atoms with Crippen LogP contribution in [0.15, 0.2) is 48.5 Å². The molecular weight excluding hydrogens is 406 g/mol. The zero-order valence-corrected chi connectivity index (χ0v) is 19.5. The second-order valence-corrected chi connectivity index (χ2v) is 8.82. The number of likely N-dealkylation sites (N-methyl/N-ethyl adjacent to an activating group) is 1. The number of carbonyl (C=O) groups excluding carboxylic acids is 1. The zero-order chi connectivity index (χ0) is 23.7. The fourth-order valence-electron chi connectivity index (χ4n) is 4.09. The molecule has 1 atom stereocenters. The van der Waals surface area contributed by atoms with Crippen molar-refractivity contribution in [2.75, 3.05) is 20.6 Å². The minimum Gasteiger partial charge on any atom is -0.481 e. The number of rotatable bonds is 6. The molecule has 0 amide bonds. The first-order valence-electron chi connectivity index (χ1n) is 11.1. The Morgan fingerprint density at radius 1 is 1.00 bits per heavy atom. The van der Waals surface area contributed by atoms with Gasteiger partial charge in [-0.2, -0.15) is 0 Å². The SMILES string of the molecule is CC(=O)O.Cc1ccc(C(=O)Oc2ccc(C(CN(C)C)C3(O)CCCCC3)cc2)cc1. The molecule has 1 saturated carbocycles. The van der Waals surface area contributed by atoms with Gasteiger partial charge in [0.05, 0.1) is 11.2 Å². The van der Waals surface area contributed by atoms with E-state index in [0.717, 1.165) is 50.3 Å². The van der Waals surface area contributed by atoms with E-state index in [1.54, 1.807) is 12.1 Å². The third-order valence-electron chi connectivity index (χ3n) is 5.70. The molecule has 2 N–H and O–H groups in total. The lowest BCUT2D eigenvalue weighted by Crippen LogP contribution is -2.42. The molecular formula is C26H35NO5. The van der Waals surface area contributed by atoms with Gasteiger partial charge in [-0.05, 0) is 63.7 Å². The summed E-state index contributed by atoms with van der Waals surface area (Å²) in [5, 5.41) is 18.7. The average Bonchev–Trinajstić information content (AvgIpc) is 2.73. The number of benzene rings is 2. The minimum absolute atomic E-state index is 0.0460. The number of aryl methyl sites for hydroxylation is 1. The lowest BCUT2D eigenvalue weighted by atomic mass is 9.72. The zero-order valence-electron chi connectivity index (χ0n) is 19.5. The molecule has 0 spiro atoms. The molecule has 1 fully saturated rings. The Morgan fingerprint density at radius 2 is 1.53 bits per heavy atom. The van der Waals surface area contributed by atoms with Crippen molar-refractivity contribution in [3.63, 3.8) is 0 Å². The molecule has 6 nitrogen and oxygen atoms in total. The molecule has 174 valence electrons. The Kier molecular flexibility index (Phi) is 9.42. The van der Waals surface area contributed by atoms with Crippen molar-refractivity contribution in [2.24, 2.45) is 0 Å². The van der Waals surface area contributed by atoms with E-state index in [9.17, 15) is 9.90 Å². The smallest absolute Gasteiger partial charge is 0.343 e. The maximum absolute atomic E-state index is 12.3. The number of carbonyl (C=O) groups is 2. The number of nitrogens with zero attached hydrogens (tertiary/aromatic N) is 1. The second kappa shape index (κ2) is 11.8. The number of ether oxygens (including phenoxy) is 1. The molecule has 1 aliphatic carbocycles. The van der Waals surface area contributed by atoms with E-state index in [4.69, 9.17) is 14.6 Å². The van der Waals surface area contributed by atoms with Crippen LogP contribution in [0.4, 0.5) is 0 Å². The van der Waals surface area contributed by atoms with Gasteiger partial charge >= 0.3 is 5.97 Å². The number of aliphatic hydroxyl groups is 1. The summed E-state index contributed by atoms with van der Waals surface area (Å²) in [7, 11) is 4.08. The van der Waals surface area contributed by atoms with Gasteiger partial charge in [-0.3, -0.25) is 4.79 Å². The van der Waals surface area contributed by atoms with E-state index < -0.39 is 11.6 Å². The van der Waals surface area contributed by atoms with E-state index in [2.05, 4.69) is 4.90 Å². The molecule has 6 heteroatoms. The molecule has 1 aliphatic rings. The van der Waals surface area contributed by atoms with Crippen molar-refractivity contribution in [1.29, 1.82) is 0 Å². The predicted molar refractivity (Wildman–Crippen MR) is 125 cm³/mol. The summed E-state index contributed by atoms with van der Waals surface area (Å²) >= 11 is 0. The third kappa shape index (κ3) is 7.77. The van der Waals surface area contributed by atoms with Crippen LogP contribution in [0.3, 0.4) is 0 Å². The standard InChI is InChI=1S/C24H31NO3.C2H4O2/c1-18-7-9-20(10-8-18)23(26)28-21-13-11-19(12-14-21)22(17-25(2)3)24(27)15-5-4-6-16-24;1-2(3)4/h7-14,22,27H,4-6,15-17H2,1-3H3;1H3,(H,3,4). The highest BCUT2D eigenvalue weighted by molar-refractivity contribution is 5.91. The minimum atomic E-state index is -0.833. The molecule has 0 saturated heterocycles. The maximum Gasteiger partial charge on any atom is 0.343 e. The molecule has 0 aliphatic heterocycles. The highest BCUT2D eigenvalue weighted by atomic mass is 16.5. The summed E-state index contributed by atoms with van der Waals surface area (Å²) < 4.78 is 5.51. The summed E-state index contributed by atoms with van der Waals surface area (Å²) in [5.41, 5.74) is 2.07. The van der Waals surface area contributed by atoms with Crippen LogP contribution in [0.5, 0.6) is 5.75 Å². The van der Waals surface area contributed by atoms with Gasteiger partial charge in [0.1, 0.15) is 5.75 Å². The molecule has 2 aromatic carbocycles. The first-order chi connectivity index (χ1) is 15.1. The van der Waals surface area contributed by atoms with Gasteiger partial charge in [0.25, 0.3) is 5.97 Å². The van der Waals surface area contributed by atoms with Crippen molar-refractivity contribution >= 4 is 11.9 Å². The molecule has 32 heavy (non-hydrogen) atoms. The van der Waals surface area contributed by atoms with Crippen LogP contribution in [0.1, 0.15) is 66.4 Å². The molecule has 0 aromatic heterocycles. The second-order valence-electron chi connectivity index (χ2n) is 8.82. The van der Waals surface area contributed by atoms with Gasteiger partial charge in [0, 0.05) is 19.4 Å². The third-order valence-corrected chi connectivity index (χ3v) is 5.70. The Balaban J connectivity index is 0.000000837. The molecule has 0 heterocycles.